The molecule has 0 unspecified atom stereocenters. The first-order valence-electron chi connectivity index (χ1n) is 12.4. The van der Waals surface area contributed by atoms with Gasteiger partial charge < -0.3 is 25.3 Å². The minimum Gasteiger partial charge on any atom is -0.493 e. The average Bonchev–Trinajstić information content (AvgIpc) is 3.68. The highest BCUT2D eigenvalue weighted by Crippen LogP contribution is 2.44. The summed E-state index contributed by atoms with van der Waals surface area (Å²) in [6, 6.07) is 7.38. The molecule has 5 rings (SSSR count). The number of benzene rings is 1. The highest BCUT2D eigenvalue weighted by atomic mass is 32.1. The molecule has 0 aliphatic heterocycles. The van der Waals surface area contributed by atoms with Gasteiger partial charge in [0.25, 0.3) is 11.8 Å². The molecule has 5 aromatic rings. The summed E-state index contributed by atoms with van der Waals surface area (Å²) in [4.78, 5) is 29.2. The van der Waals surface area contributed by atoms with E-state index in [0.29, 0.717) is 39.8 Å². The number of ether oxygens (including phenoxy) is 3. The molecule has 224 valence electrons. The van der Waals surface area contributed by atoms with Gasteiger partial charge in [-0.05, 0) is 36.8 Å². The average molecular weight is 616 g/mol. The van der Waals surface area contributed by atoms with E-state index >= 15 is 0 Å². The van der Waals surface area contributed by atoms with Crippen LogP contribution in [0.4, 0.5) is 18.9 Å². The highest BCUT2D eigenvalue weighted by molar-refractivity contribution is 7.21. The minimum absolute atomic E-state index is 0.0654. The molecule has 16 heteroatoms. The van der Waals surface area contributed by atoms with Crippen LogP contribution in [0.15, 0.2) is 42.7 Å². The van der Waals surface area contributed by atoms with Crippen LogP contribution in [0.2, 0.25) is 0 Å². The second-order valence-corrected chi connectivity index (χ2v) is 10.1. The van der Waals surface area contributed by atoms with E-state index in [4.69, 9.17) is 19.9 Å². The molecule has 2 amide bonds. The fourth-order valence-electron chi connectivity index (χ4n) is 4.33. The molecular weight excluding hydrogens is 591 g/mol. The van der Waals surface area contributed by atoms with Crippen LogP contribution in [0.25, 0.3) is 21.3 Å². The number of hydrogen-bond acceptors (Lipinski definition) is 9. The molecule has 0 bridgehead atoms. The van der Waals surface area contributed by atoms with Gasteiger partial charge in [0.05, 0.1) is 26.1 Å². The lowest BCUT2D eigenvalue weighted by Crippen LogP contribution is -2.18. The molecule has 43 heavy (non-hydrogen) atoms. The van der Waals surface area contributed by atoms with E-state index in [-0.39, 0.29) is 38.8 Å². The minimum atomic E-state index is -4.78. The third-order valence-corrected chi connectivity index (χ3v) is 7.64. The third kappa shape index (κ3) is 5.55. The van der Waals surface area contributed by atoms with Gasteiger partial charge in [0.1, 0.15) is 15.4 Å². The first-order valence-corrected chi connectivity index (χ1v) is 13.3. The van der Waals surface area contributed by atoms with E-state index in [1.54, 1.807) is 32.2 Å². The van der Waals surface area contributed by atoms with Gasteiger partial charge in [-0.1, -0.05) is 6.07 Å². The Hall–Kier alpha value is -5.12. The number of anilines is 1. The second-order valence-electron chi connectivity index (χ2n) is 9.13. The number of amides is 2. The van der Waals surface area contributed by atoms with E-state index in [0.717, 1.165) is 6.07 Å². The number of fused-ring (bicyclic) bond motifs is 1. The van der Waals surface area contributed by atoms with Crippen LogP contribution in [0.5, 0.6) is 17.2 Å². The summed E-state index contributed by atoms with van der Waals surface area (Å²) in [6.45, 7) is 1.56. The molecule has 4 heterocycles. The summed E-state index contributed by atoms with van der Waals surface area (Å²) in [5.74, 6) is -0.520. The Morgan fingerprint density at radius 2 is 1.81 bits per heavy atom. The van der Waals surface area contributed by atoms with E-state index in [9.17, 15) is 22.8 Å². The number of nitrogens with one attached hydrogen (secondary N) is 1. The zero-order chi connectivity index (χ0) is 31.1. The fourth-order valence-corrected chi connectivity index (χ4v) is 5.34. The molecule has 0 saturated carbocycles. The fraction of sp³-hybridized carbons (Fsp3) is 0.222. The highest BCUT2D eigenvalue weighted by Gasteiger charge is 2.35. The molecule has 0 radical (unpaired) electrons. The number of nitrogens with zero attached hydrogens (tertiary/aromatic N) is 5. The second kappa shape index (κ2) is 11.3. The van der Waals surface area contributed by atoms with Crippen molar-refractivity contribution in [3.63, 3.8) is 0 Å². The SMILES string of the molecule is COc1cccc(OC)c1OCn1ccc(C(=O)Nc2c(C(N)=O)sc3nc(C(F)(F)F)cc(-c4cnn(C)c4C)c23)n1. The first-order chi connectivity index (χ1) is 20.4. The van der Waals surface area contributed by atoms with Gasteiger partial charge in [0, 0.05) is 29.9 Å². The maximum atomic E-state index is 13.8. The molecule has 0 fully saturated rings. The Kier molecular flexibility index (Phi) is 7.71. The number of thiophene rings is 1. The molecule has 0 aliphatic rings. The summed E-state index contributed by atoms with van der Waals surface area (Å²) >= 11 is 0.642. The van der Waals surface area contributed by atoms with Gasteiger partial charge >= 0.3 is 6.18 Å². The number of para-hydroxylation sites is 1. The number of carbonyl (C=O) groups is 2. The lowest BCUT2D eigenvalue weighted by atomic mass is 10.0. The largest absolute Gasteiger partial charge is 0.493 e. The van der Waals surface area contributed by atoms with Crippen molar-refractivity contribution in [2.24, 2.45) is 12.8 Å². The number of nitrogens with two attached hydrogens (primary N) is 1. The summed E-state index contributed by atoms with van der Waals surface area (Å²) in [7, 11) is 4.59. The molecule has 4 aromatic heterocycles. The van der Waals surface area contributed by atoms with Gasteiger partial charge in [0.15, 0.2) is 23.9 Å². The lowest BCUT2D eigenvalue weighted by Gasteiger charge is -2.14. The van der Waals surface area contributed by atoms with E-state index in [1.165, 1.54) is 42.0 Å². The van der Waals surface area contributed by atoms with Crippen molar-refractivity contribution >= 4 is 39.1 Å². The Labute approximate surface area is 245 Å². The van der Waals surface area contributed by atoms with Gasteiger partial charge in [0.2, 0.25) is 5.75 Å². The van der Waals surface area contributed by atoms with Crippen LogP contribution >= 0.6 is 11.3 Å². The monoisotopic (exact) mass is 615 g/mol. The maximum Gasteiger partial charge on any atom is 0.433 e. The maximum absolute atomic E-state index is 13.8. The van der Waals surface area contributed by atoms with Crippen LogP contribution in [0.3, 0.4) is 0 Å². The first kappa shape index (κ1) is 29.4. The van der Waals surface area contributed by atoms with Crippen molar-refractivity contribution in [1.29, 1.82) is 0 Å². The van der Waals surface area contributed by atoms with Crippen molar-refractivity contribution in [3.05, 3.63) is 64.7 Å². The van der Waals surface area contributed by atoms with Crippen molar-refractivity contribution in [1.82, 2.24) is 24.5 Å². The summed E-state index contributed by atoms with van der Waals surface area (Å²) < 4.78 is 60.7. The van der Waals surface area contributed by atoms with Crippen LogP contribution in [-0.4, -0.2) is 50.6 Å². The van der Waals surface area contributed by atoms with Crippen molar-refractivity contribution in [2.45, 2.75) is 19.8 Å². The number of aromatic nitrogens is 5. The number of carbonyl (C=O) groups excluding carboxylic acids is 2. The Morgan fingerprint density at radius 1 is 1.12 bits per heavy atom. The molecule has 0 spiro atoms. The number of rotatable bonds is 9. The number of pyridine rings is 1. The quantitative estimate of drug-likeness (QED) is 0.244. The molecule has 12 nitrogen and oxygen atoms in total. The zero-order valence-corrected chi connectivity index (χ0v) is 24.0. The van der Waals surface area contributed by atoms with E-state index in [2.05, 4.69) is 20.5 Å². The van der Waals surface area contributed by atoms with Crippen LogP contribution < -0.4 is 25.3 Å². The van der Waals surface area contributed by atoms with Crippen LogP contribution in [0.1, 0.15) is 31.5 Å². The van der Waals surface area contributed by atoms with E-state index < -0.39 is 23.7 Å². The number of alkyl halides is 3. The molecule has 0 atom stereocenters. The van der Waals surface area contributed by atoms with Gasteiger partial charge in [-0.15, -0.1) is 11.3 Å². The Morgan fingerprint density at radius 3 is 2.40 bits per heavy atom. The normalized spacial score (nSPS) is 11.5. The molecular formula is C27H24F3N7O5S. The van der Waals surface area contributed by atoms with Crippen molar-refractivity contribution in [3.8, 4) is 28.4 Å². The third-order valence-electron chi connectivity index (χ3n) is 6.54. The summed E-state index contributed by atoms with van der Waals surface area (Å²) in [5.41, 5.74) is 5.25. The predicted molar refractivity (Wildman–Crippen MR) is 150 cm³/mol. The molecule has 3 N–H and O–H groups in total. The van der Waals surface area contributed by atoms with Gasteiger partial charge in [-0.3, -0.25) is 14.3 Å². The smallest absolute Gasteiger partial charge is 0.433 e. The molecule has 0 aliphatic carbocycles. The Balaban J connectivity index is 1.51. The van der Waals surface area contributed by atoms with E-state index in [1.807, 2.05) is 0 Å². The standard InChI is InChI=1S/C27H24F3N7O5S/c1-13-15(11-32-36(13)2)14-10-19(27(28,29)30)33-26-20(14)21(23(43-26)24(31)38)34-25(39)16-8-9-37(35-16)12-42-22-17(40-3)6-5-7-18(22)41-4/h5-11H,12H2,1-4H3,(H2,31,38)(H,34,39). The topological polar surface area (TPSA) is 148 Å². The number of primary amides is 1. The lowest BCUT2D eigenvalue weighted by molar-refractivity contribution is -0.140. The number of methoxy groups -OCH3 is 2. The van der Waals surface area contributed by atoms with Crippen molar-refractivity contribution < 1.29 is 37.0 Å². The number of aryl methyl sites for hydroxylation is 1. The molecule has 0 saturated heterocycles. The van der Waals surface area contributed by atoms with Gasteiger partial charge in [-0.25, -0.2) is 9.67 Å². The number of hydrogen-bond donors (Lipinski definition) is 2. The van der Waals surface area contributed by atoms with Crippen molar-refractivity contribution in [2.75, 3.05) is 19.5 Å². The summed E-state index contributed by atoms with van der Waals surface area (Å²) in [5, 5.41) is 11.1. The predicted octanol–water partition coefficient (Wildman–Crippen LogP) is 4.63. The van der Waals surface area contributed by atoms with Gasteiger partial charge in [-0.2, -0.15) is 23.4 Å². The summed E-state index contributed by atoms with van der Waals surface area (Å²) in [6.07, 6.45) is -1.89. The number of halogens is 3. The Bertz CT molecular complexity index is 1840. The molecule has 1 aromatic carbocycles. The van der Waals surface area contributed by atoms with Crippen LogP contribution in [-0.2, 0) is 20.0 Å². The zero-order valence-electron chi connectivity index (χ0n) is 23.1. The van der Waals surface area contributed by atoms with Crippen LogP contribution in [0, 0.1) is 6.92 Å².